The molecule has 1 aliphatic heterocycles. The van der Waals surface area contributed by atoms with E-state index in [0.717, 1.165) is 11.1 Å². The number of benzene rings is 2. The number of halogens is 2. The maximum Gasteiger partial charge on any atom is 0.339 e. The Morgan fingerprint density at radius 3 is 2.64 bits per heavy atom. The molecule has 2 aromatic carbocycles. The second kappa shape index (κ2) is 6.16. The number of allylic oxidation sites excluding steroid dienone is 1. The topological polar surface area (TPSA) is 26.3 Å². The molecule has 0 saturated heterocycles. The Balaban J connectivity index is 1.80. The van der Waals surface area contributed by atoms with Crippen LogP contribution in [0, 0.1) is 5.82 Å². The molecule has 0 spiro atoms. The van der Waals surface area contributed by atoms with E-state index in [1.807, 2.05) is 18.2 Å². The molecule has 0 bridgehead atoms. The third kappa shape index (κ3) is 3.43. The minimum Gasteiger partial charge on any atom is -0.423 e. The number of hydrogen-bond acceptors (Lipinski definition) is 2. The number of rotatable bonds is 3. The van der Waals surface area contributed by atoms with E-state index in [1.54, 1.807) is 30.4 Å². The van der Waals surface area contributed by atoms with Crippen LogP contribution in [0.25, 0.3) is 6.08 Å². The molecule has 0 radical (unpaired) electrons. The van der Waals surface area contributed by atoms with Crippen LogP contribution in [-0.2, 0) is 16.0 Å². The number of carbonyl (C=O) groups is 1. The molecule has 1 aliphatic rings. The van der Waals surface area contributed by atoms with E-state index >= 15 is 0 Å². The summed E-state index contributed by atoms with van der Waals surface area (Å²) in [6.07, 6.45) is 3.86. The molecule has 0 amide bonds. The van der Waals surface area contributed by atoms with Gasteiger partial charge in [0.2, 0.25) is 0 Å². The molecular formula is C18H12ClFO2. The smallest absolute Gasteiger partial charge is 0.339 e. The van der Waals surface area contributed by atoms with Crippen molar-refractivity contribution in [3.63, 3.8) is 0 Å². The highest BCUT2D eigenvalue weighted by Crippen LogP contribution is 2.23. The summed E-state index contributed by atoms with van der Waals surface area (Å²) in [6.45, 7) is 0. The second-order valence-corrected chi connectivity index (χ2v) is 5.40. The van der Waals surface area contributed by atoms with Crippen LogP contribution in [0.5, 0.6) is 0 Å². The highest BCUT2D eigenvalue weighted by Gasteiger charge is 2.21. The summed E-state index contributed by atoms with van der Waals surface area (Å²) in [4.78, 5) is 11.9. The molecule has 0 saturated carbocycles. The van der Waals surface area contributed by atoms with Crippen molar-refractivity contribution < 1.29 is 13.9 Å². The number of carbonyl (C=O) groups excluding carboxylic acids is 1. The molecule has 3 rings (SSSR count). The van der Waals surface area contributed by atoms with Gasteiger partial charge in [-0.1, -0.05) is 35.9 Å². The molecule has 0 N–H and O–H groups in total. The largest absolute Gasteiger partial charge is 0.423 e. The lowest BCUT2D eigenvalue weighted by atomic mass is 10.1. The molecule has 0 atom stereocenters. The maximum atomic E-state index is 12.9. The van der Waals surface area contributed by atoms with Crippen LogP contribution in [0.1, 0.15) is 11.1 Å². The van der Waals surface area contributed by atoms with Crippen LogP contribution < -0.4 is 0 Å². The molecule has 4 heteroatoms. The molecule has 110 valence electrons. The Hall–Kier alpha value is -2.39. The molecule has 22 heavy (non-hydrogen) atoms. The zero-order valence-corrected chi connectivity index (χ0v) is 12.3. The van der Waals surface area contributed by atoms with Crippen molar-refractivity contribution in [3.8, 4) is 0 Å². The van der Waals surface area contributed by atoms with Crippen molar-refractivity contribution in [2.45, 2.75) is 6.42 Å². The Morgan fingerprint density at radius 2 is 1.91 bits per heavy atom. The predicted molar refractivity (Wildman–Crippen MR) is 83.7 cm³/mol. The van der Waals surface area contributed by atoms with Gasteiger partial charge in [-0.05, 0) is 47.5 Å². The maximum absolute atomic E-state index is 12.9. The summed E-state index contributed by atoms with van der Waals surface area (Å²) in [5, 5.41) is 0.631. The molecular weight excluding hydrogens is 303 g/mol. The normalized spacial score (nSPS) is 15.8. The fourth-order valence-corrected chi connectivity index (χ4v) is 2.43. The van der Waals surface area contributed by atoms with Gasteiger partial charge >= 0.3 is 5.97 Å². The van der Waals surface area contributed by atoms with Crippen LogP contribution in [0.4, 0.5) is 4.39 Å². The van der Waals surface area contributed by atoms with E-state index in [2.05, 4.69) is 0 Å². The van der Waals surface area contributed by atoms with Crippen LogP contribution in [-0.4, -0.2) is 5.97 Å². The van der Waals surface area contributed by atoms with Gasteiger partial charge in [-0.25, -0.2) is 9.18 Å². The average molecular weight is 315 g/mol. The van der Waals surface area contributed by atoms with E-state index in [1.165, 1.54) is 12.1 Å². The number of hydrogen-bond donors (Lipinski definition) is 0. The van der Waals surface area contributed by atoms with Crippen molar-refractivity contribution >= 4 is 23.6 Å². The Bertz CT molecular complexity index is 776. The minimum atomic E-state index is -0.367. The minimum absolute atomic E-state index is 0.303. The molecule has 0 unspecified atom stereocenters. The van der Waals surface area contributed by atoms with E-state index in [-0.39, 0.29) is 11.8 Å². The van der Waals surface area contributed by atoms with Gasteiger partial charge in [0.25, 0.3) is 0 Å². The predicted octanol–water partition coefficient (Wildman–Crippen LogP) is 4.55. The molecule has 0 fully saturated rings. The third-order valence-corrected chi connectivity index (χ3v) is 3.49. The van der Waals surface area contributed by atoms with Gasteiger partial charge in [0.15, 0.2) is 0 Å². The molecule has 2 nitrogen and oxygen atoms in total. The summed E-state index contributed by atoms with van der Waals surface area (Å²) in [7, 11) is 0. The van der Waals surface area contributed by atoms with Gasteiger partial charge in [0.05, 0.1) is 0 Å². The van der Waals surface area contributed by atoms with Gasteiger partial charge in [0.1, 0.15) is 11.6 Å². The third-order valence-electron chi connectivity index (χ3n) is 3.25. The molecule has 0 aromatic heterocycles. The number of esters is 1. The van der Waals surface area contributed by atoms with E-state index in [4.69, 9.17) is 16.3 Å². The summed E-state index contributed by atoms with van der Waals surface area (Å²) >= 11 is 5.94. The highest BCUT2D eigenvalue weighted by molar-refractivity contribution is 6.30. The fourth-order valence-electron chi connectivity index (χ4n) is 2.22. The lowest BCUT2D eigenvalue weighted by Gasteiger charge is -2.00. The summed E-state index contributed by atoms with van der Waals surface area (Å²) in [6, 6.07) is 13.3. The summed E-state index contributed by atoms with van der Waals surface area (Å²) in [5.41, 5.74) is 2.28. The highest BCUT2D eigenvalue weighted by atomic mass is 35.5. The first-order valence-corrected chi connectivity index (χ1v) is 7.12. The van der Waals surface area contributed by atoms with Gasteiger partial charge in [0, 0.05) is 17.0 Å². The van der Waals surface area contributed by atoms with Crippen molar-refractivity contribution in [1.29, 1.82) is 0 Å². The Morgan fingerprint density at radius 1 is 1.14 bits per heavy atom. The lowest BCUT2D eigenvalue weighted by Crippen LogP contribution is -2.01. The average Bonchev–Trinajstić information content (AvgIpc) is 2.81. The zero-order valence-electron chi connectivity index (χ0n) is 11.6. The van der Waals surface area contributed by atoms with E-state index in [0.29, 0.717) is 22.8 Å². The van der Waals surface area contributed by atoms with Gasteiger partial charge < -0.3 is 4.74 Å². The summed E-state index contributed by atoms with van der Waals surface area (Å²) < 4.78 is 18.1. The monoisotopic (exact) mass is 314 g/mol. The van der Waals surface area contributed by atoms with Crippen LogP contribution >= 0.6 is 11.6 Å². The lowest BCUT2D eigenvalue weighted by molar-refractivity contribution is -0.133. The van der Waals surface area contributed by atoms with Gasteiger partial charge in [-0.3, -0.25) is 0 Å². The fraction of sp³-hybridized carbons (Fsp3) is 0.0556. The molecule has 0 aliphatic carbocycles. The first kappa shape index (κ1) is 14.5. The number of cyclic esters (lactones) is 1. The first-order chi connectivity index (χ1) is 10.6. The Kier molecular flexibility index (Phi) is 4.07. The van der Waals surface area contributed by atoms with Crippen LogP contribution in [0.2, 0.25) is 5.02 Å². The molecule has 2 aromatic rings. The van der Waals surface area contributed by atoms with Crippen molar-refractivity contribution in [2.24, 2.45) is 0 Å². The van der Waals surface area contributed by atoms with Gasteiger partial charge in [-0.15, -0.1) is 0 Å². The molecule has 1 heterocycles. The summed E-state index contributed by atoms with van der Waals surface area (Å²) in [5.74, 6) is -0.218. The quantitative estimate of drug-likeness (QED) is 0.777. The Labute approximate surface area is 132 Å². The van der Waals surface area contributed by atoms with Gasteiger partial charge in [-0.2, -0.15) is 0 Å². The van der Waals surface area contributed by atoms with Crippen LogP contribution in [0.3, 0.4) is 0 Å². The van der Waals surface area contributed by atoms with E-state index in [9.17, 15) is 9.18 Å². The van der Waals surface area contributed by atoms with Crippen molar-refractivity contribution in [1.82, 2.24) is 0 Å². The first-order valence-electron chi connectivity index (χ1n) is 6.74. The van der Waals surface area contributed by atoms with E-state index < -0.39 is 0 Å². The van der Waals surface area contributed by atoms with Crippen molar-refractivity contribution in [2.75, 3.05) is 0 Å². The standard InChI is InChI=1S/C18H12ClFO2/c19-15-3-1-2-13(9-15)8-14-11-17(22-18(14)21)10-12-4-6-16(20)7-5-12/h1-7,9-11H,8H2/b17-10-. The van der Waals surface area contributed by atoms with Crippen LogP contribution in [0.15, 0.2) is 65.9 Å². The number of ether oxygens (including phenoxy) is 1. The van der Waals surface area contributed by atoms with Crippen molar-refractivity contribution in [3.05, 3.63) is 87.9 Å². The zero-order chi connectivity index (χ0) is 15.5. The SMILES string of the molecule is O=C1O/C(=C\c2ccc(F)cc2)C=C1Cc1cccc(Cl)c1. The second-order valence-electron chi connectivity index (χ2n) is 4.96.